The minimum atomic E-state index is 1.06. The molecule has 0 heterocycles. The van der Waals surface area contributed by atoms with Gasteiger partial charge in [-0.3, -0.25) is 4.99 Å². The van der Waals surface area contributed by atoms with Crippen molar-refractivity contribution < 1.29 is 0 Å². The predicted molar refractivity (Wildman–Crippen MR) is 65.8 cm³/mol. The summed E-state index contributed by atoms with van der Waals surface area (Å²) in [6, 6.07) is 0. The van der Waals surface area contributed by atoms with Gasteiger partial charge in [0.25, 0.3) is 0 Å². The van der Waals surface area contributed by atoms with E-state index in [4.69, 9.17) is 0 Å². The highest BCUT2D eigenvalue weighted by molar-refractivity contribution is 5.82. The van der Waals surface area contributed by atoms with E-state index < -0.39 is 0 Å². The normalized spacial score (nSPS) is 16.5. The summed E-state index contributed by atoms with van der Waals surface area (Å²) >= 11 is 0. The first kappa shape index (κ1) is 13.2. The summed E-state index contributed by atoms with van der Waals surface area (Å²) in [7, 11) is 0. The monoisotopic (exact) mass is 193 g/mol. The van der Waals surface area contributed by atoms with Gasteiger partial charge < -0.3 is 0 Å². The fourth-order valence-electron chi connectivity index (χ4n) is 1.23. The molecule has 80 valence electrons. The van der Waals surface area contributed by atoms with Gasteiger partial charge in [0, 0.05) is 11.4 Å². The third-order valence-corrected chi connectivity index (χ3v) is 2.21. The van der Waals surface area contributed by atoms with Gasteiger partial charge in [0.2, 0.25) is 0 Å². The first-order valence-electron chi connectivity index (χ1n) is 5.64. The van der Waals surface area contributed by atoms with Gasteiger partial charge in [-0.1, -0.05) is 32.9 Å². The summed E-state index contributed by atoms with van der Waals surface area (Å²) in [6.07, 6.45) is 7.70. The molecule has 0 atom stereocenters. The van der Waals surface area contributed by atoms with Crippen molar-refractivity contribution in [3.05, 3.63) is 23.4 Å². The molecule has 0 amide bonds. The number of hydrogen-bond donors (Lipinski definition) is 0. The topological polar surface area (TPSA) is 12.4 Å². The highest BCUT2D eigenvalue weighted by atomic mass is 14.8. The molecule has 0 aromatic heterocycles. The van der Waals surface area contributed by atoms with Gasteiger partial charge in [-0.2, -0.15) is 0 Å². The molecule has 1 aliphatic rings. The zero-order valence-corrected chi connectivity index (χ0v) is 10.2. The molecule has 0 aromatic rings. The van der Waals surface area contributed by atoms with Crippen LogP contribution in [0.15, 0.2) is 28.4 Å². The molecule has 14 heavy (non-hydrogen) atoms. The van der Waals surface area contributed by atoms with E-state index in [0.29, 0.717) is 0 Å². The molecule has 0 N–H and O–H groups in total. The summed E-state index contributed by atoms with van der Waals surface area (Å²) in [5.41, 5.74) is 3.84. The predicted octanol–water partition coefficient (Wildman–Crippen LogP) is 4.51. The summed E-state index contributed by atoms with van der Waals surface area (Å²) in [6.45, 7) is 10.4. The molecule has 0 aromatic carbocycles. The maximum atomic E-state index is 4.58. The van der Waals surface area contributed by atoms with Crippen molar-refractivity contribution in [2.75, 3.05) is 0 Å². The van der Waals surface area contributed by atoms with E-state index in [-0.39, 0.29) is 0 Å². The molecule has 0 radical (unpaired) electrons. The molecule has 1 nitrogen and oxygen atoms in total. The van der Waals surface area contributed by atoms with Gasteiger partial charge >= 0.3 is 0 Å². The van der Waals surface area contributed by atoms with E-state index in [9.17, 15) is 0 Å². The quantitative estimate of drug-likeness (QED) is 0.572. The third kappa shape index (κ3) is 4.40. The molecule has 0 fully saturated rings. The highest BCUT2D eigenvalue weighted by Gasteiger charge is 2.02. The van der Waals surface area contributed by atoms with Gasteiger partial charge in [-0.15, -0.1) is 0 Å². The second-order valence-electron chi connectivity index (χ2n) is 3.27. The van der Waals surface area contributed by atoms with Crippen molar-refractivity contribution in [2.45, 2.75) is 53.9 Å². The zero-order chi connectivity index (χ0) is 11.0. The van der Waals surface area contributed by atoms with Gasteiger partial charge in [-0.05, 0) is 38.7 Å². The summed E-state index contributed by atoms with van der Waals surface area (Å²) in [5, 5.41) is 0. The van der Waals surface area contributed by atoms with E-state index in [0.717, 1.165) is 19.3 Å². The maximum Gasteiger partial charge on any atom is 0.0434 e. The van der Waals surface area contributed by atoms with E-state index in [1.165, 1.54) is 17.0 Å². The number of hydrogen-bond acceptors (Lipinski definition) is 1. The third-order valence-electron chi connectivity index (χ3n) is 2.21. The Morgan fingerprint density at radius 1 is 1.43 bits per heavy atom. The van der Waals surface area contributed by atoms with Crippen LogP contribution in [0.4, 0.5) is 0 Å². The lowest BCUT2D eigenvalue weighted by molar-refractivity contribution is 0.918. The second kappa shape index (κ2) is 7.54. The van der Waals surface area contributed by atoms with Crippen molar-refractivity contribution in [1.29, 1.82) is 0 Å². The Labute approximate surface area is 88.6 Å². The Bertz CT molecular complexity index is 244. The fraction of sp³-hybridized carbons (Fsp3) is 0.615. The minimum absolute atomic E-state index is 1.06. The second-order valence-corrected chi connectivity index (χ2v) is 3.27. The van der Waals surface area contributed by atoms with E-state index in [2.05, 4.69) is 37.9 Å². The van der Waals surface area contributed by atoms with Crippen molar-refractivity contribution in [3.63, 3.8) is 0 Å². The molecule has 0 saturated heterocycles. The van der Waals surface area contributed by atoms with Crippen LogP contribution in [0.3, 0.4) is 0 Å². The lowest BCUT2D eigenvalue weighted by atomic mass is 10.1. The lowest BCUT2D eigenvalue weighted by Gasteiger charge is -2.09. The fourth-order valence-corrected chi connectivity index (χ4v) is 1.23. The standard InChI is InChI=1S/C11H17N.C2H6/c1-4-10(3)12-11-8-6-5-7-9(11)2;1-2/h5,7H,4,6,8H2,1-3H3;1-2H3. The maximum absolute atomic E-state index is 4.58. The largest absolute Gasteiger partial charge is 0.262 e. The Morgan fingerprint density at radius 3 is 2.57 bits per heavy atom. The van der Waals surface area contributed by atoms with E-state index in [1.54, 1.807) is 0 Å². The molecular formula is C13H23N. The van der Waals surface area contributed by atoms with Crippen molar-refractivity contribution >= 4 is 5.71 Å². The Hall–Kier alpha value is -0.850. The molecule has 0 aliphatic heterocycles. The summed E-state index contributed by atoms with van der Waals surface area (Å²) in [4.78, 5) is 4.58. The molecule has 1 heteroatoms. The van der Waals surface area contributed by atoms with Gasteiger partial charge in [0.05, 0.1) is 0 Å². The number of rotatable bonds is 2. The van der Waals surface area contributed by atoms with Crippen LogP contribution in [0.25, 0.3) is 0 Å². The smallest absolute Gasteiger partial charge is 0.0434 e. The number of nitrogens with zero attached hydrogens (tertiary/aromatic N) is 1. The molecule has 1 rings (SSSR count). The molecule has 0 unspecified atom stereocenters. The summed E-state index contributed by atoms with van der Waals surface area (Å²) in [5.74, 6) is 0. The molecule has 0 saturated carbocycles. The molecule has 1 aliphatic carbocycles. The number of aliphatic imine (C=N–C) groups is 1. The van der Waals surface area contributed by atoms with Crippen LogP contribution in [-0.4, -0.2) is 5.71 Å². The Balaban J connectivity index is 0.000000791. The van der Waals surface area contributed by atoms with Gasteiger partial charge in [-0.25, -0.2) is 0 Å². The average Bonchev–Trinajstić information content (AvgIpc) is 2.24. The SMILES string of the molecule is CC.CCC(C)=NC1=C(C)C=CCC1. The van der Waals surface area contributed by atoms with Crippen LogP contribution in [-0.2, 0) is 0 Å². The molecule has 0 spiro atoms. The Morgan fingerprint density at radius 2 is 2.07 bits per heavy atom. The lowest BCUT2D eigenvalue weighted by Crippen LogP contribution is -1.94. The minimum Gasteiger partial charge on any atom is -0.262 e. The van der Waals surface area contributed by atoms with E-state index in [1.807, 2.05) is 13.8 Å². The van der Waals surface area contributed by atoms with Crippen LogP contribution in [0.1, 0.15) is 53.9 Å². The zero-order valence-electron chi connectivity index (χ0n) is 10.2. The first-order chi connectivity index (χ1) is 6.74. The van der Waals surface area contributed by atoms with Crippen LogP contribution in [0, 0.1) is 0 Å². The van der Waals surface area contributed by atoms with Crippen molar-refractivity contribution in [2.24, 2.45) is 4.99 Å². The van der Waals surface area contributed by atoms with Gasteiger partial charge in [0.15, 0.2) is 0 Å². The van der Waals surface area contributed by atoms with Crippen LogP contribution >= 0.6 is 0 Å². The molecule has 0 bridgehead atoms. The number of allylic oxidation sites excluding steroid dienone is 4. The Kier molecular flexibility index (Phi) is 7.09. The van der Waals surface area contributed by atoms with Crippen molar-refractivity contribution in [1.82, 2.24) is 0 Å². The highest BCUT2D eigenvalue weighted by Crippen LogP contribution is 2.19. The van der Waals surface area contributed by atoms with Crippen molar-refractivity contribution in [3.8, 4) is 0 Å². The van der Waals surface area contributed by atoms with Crippen LogP contribution in [0.2, 0.25) is 0 Å². The van der Waals surface area contributed by atoms with E-state index >= 15 is 0 Å². The average molecular weight is 193 g/mol. The van der Waals surface area contributed by atoms with Gasteiger partial charge in [0.1, 0.15) is 0 Å². The summed E-state index contributed by atoms with van der Waals surface area (Å²) < 4.78 is 0. The van der Waals surface area contributed by atoms with Crippen LogP contribution in [0.5, 0.6) is 0 Å². The molecular weight excluding hydrogens is 170 g/mol. The van der Waals surface area contributed by atoms with Crippen LogP contribution < -0.4 is 0 Å². The first-order valence-corrected chi connectivity index (χ1v) is 5.64.